The molecule has 1 saturated heterocycles. The second-order valence-corrected chi connectivity index (χ2v) is 5.86. The van der Waals surface area contributed by atoms with Crippen LogP contribution in [-0.2, 0) is 6.54 Å². The van der Waals surface area contributed by atoms with Crippen molar-refractivity contribution in [3.63, 3.8) is 0 Å². The molecule has 1 fully saturated rings. The largest absolute Gasteiger partial charge is 0.496 e. The highest BCUT2D eigenvalue weighted by atomic mass is 16.5. The highest BCUT2D eigenvalue weighted by Crippen LogP contribution is 2.25. The van der Waals surface area contributed by atoms with Gasteiger partial charge in [-0.3, -0.25) is 10.00 Å². The van der Waals surface area contributed by atoms with E-state index in [1.54, 1.807) is 7.11 Å². The summed E-state index contributed by atoms with van der Waals surface area (Å²) < 4.78 is 5.45. The Kier molecular flexibility index (Phi) is 4.34. The van der Waals surface area contributed by atoms with Gasteiger partial charge in [0.25, 0.3) is 0 Å². The molecule has 1 N–H and O–H groups in total. The molecule has 3 rings (SSSR count). The number of aromatic nitrogens is 2. The number of anilines is 1. The summed E-state index contributed by atoms with van der Waals surface area (Å²) in [5.41, 5.74) is 4.79. The molecule has 1 aromatic heterocycles. The lowest BCUT2D eigenvalue weighted by Crippen LogP contribution is -2.46. The average molecular weight is 300 g/mol. The minimum atomic E-state index is 0.946. The molecule has 118 valence electrons. The monoisotopic (exact) mass is 300 g/mol. The van der Waals surface area contributed by atoms with Crippen molar-refractivity contribution in [1.29, 1.82) is 0 Å². The van der Waals surface area contributed by atoms with Gasteiger partial charge in [-0.05, 0) is 19.9 Å². The highest BCUT2D eigenvalue weighted by molar-refractivity contribution is 5.54. The van der Waals surface area contributed by atoms with Gasteiger partial charge in [0.15, 0.2) is 0 Å². The van der Waals surface area contributed by atoms with Gasteiger partial charge in [-0.15, -0.1) is 0 Å². The van der Waals surface area contributed by atoms with Gasteiger partial charge in [0.1, 0.15) is 5.75 Å². The maximum absolute atomic E-state index is 5.45. The molecule has 0 unspecified atom stereocenters. The molecule has 0 saturated carbocycles. The zero-order valence-electron chi connectivity index (χ0n) is 13.6. The predicted octanol–water partition coefficient (Wildman–Crippen LogP) is 2.36. The molecular weight excluding hydrogens is 276 g/mol. The minimum Gasteiger partial charge on any atom is -0.496 e. The van der Waals surface area contributed by atoms with E-state index < -0.39 is 0 Å². The van der Waals surface area contributed by atoms with E-state index in [1.165, 1.54) is 11.3 Å². The molecule has 1 aliphatic rings. The van der Waals surface area contributed by atoms with Crippen LogP contribution in [-0.4, -0.2) is 48.4 Å². The van der Waals surface area contributed by atoms with Gasteiger partial charge in [-0.25, -0.2) is 0 Å². The zero-order valence-corrected chi connectivity index (χ0v) is 13.6. The Bertz CT molecular complexity index is 610. The zero-order chi connectivity index (χ0) is 15.5. The SMILES string of the molecule is COc1ccccc1CN1CCN(c2c(C)n[nH]c2C)CC1. The van der Waals surface area contributed by atoms with E-state index in [0.29, 0.717) is 0 Å². The molecule has 5 nitrogen and oxygen atoms in total. The van der Waals surface area contributed by atoms with Crippen LogP contribution in [0.5, 0.6) is 5.75 Å². The van der Waals surface area contributed by atoms with Gasteiger partial charge in [0.05, 0.1) is 24.2 Å². The van der Waals surface area contributed by atoms with Crippen LogP contribution in [0.3, 0.4) is 0 Å². The van der Waals surface area contributed by atoms with Gasteiger partial charge >= 0.3 is 0 Å². The lowest BCUT2D eigenvalue weighted by Gasteiger charge is -2.36. The molecule has 0 atom stereocenters. The summed E-state index contributed by atoms with van der Waals surface area (Å²) in [7, 11) is 1.74. The molecule has 1 aliphatic heterocycles. The lowest BCUT2D eigenvalue weighted by molar-refractivity contribution is 0.246. The average Bonchev–Trinajstić information content (AvgIpc) is 2.88. The van der Waals surface area contributed by atoms with E-state index in [4.69, 9.17) is 4.74 Å². The van der Waals surface area contributed by atoms with E-state index in [0.717, 1.165) is 49.9 Å². The summed E-state index contributed by atoms with van der Waals surface area (Å²) in [4.78, 5) is 4.92. The number of rotatable bonds is 4. The van der Waals surface area contributed by atoms with Gasteiger partial charge in [0, 0.05) is 38.3 Å². The number of piperazine rings is 1. The molecular formula is C17H24N4O. The molecule has 2 aromatic rings. The fourth-order valence-corrected chi connectivity index (χ4v) is 3.22. The second-order valence-electron chi connectivity index (χ2n) is 5.86. The quantitative estimate of drug-likeness (QED) is 0.941. The number of nitrogens with one attached hydrogen (secondary N) is 1. The predicted molar refractivity (Wildman–Crippen MR) is 88.5 cm³/mol. The Balaban J connectivity index is 1.63. The molecule has 0 spiro atoms. The Morgan fingerprint density at radius 2 is 1.86 bits per heavy atom. The number of H-pyrrole nitrogens is 1. The number of para-hydroxylation sites is 1. The minimum absolute atomic E-state index is 0.946. The highest BCUT2D eigenvalue weighted by Gasteiger charge is 2.21. The number of ether oxygens (including phenoxy) is 1. The topological polar surface area (TPSA) is 44.4 Å². The summed E-state index contributed by atoms with van der Waals surface area (Å²) in [6.07, 6.45) is 0. The molecule has 1 aromatic carbocycles. The van der Waals surface area contributed by atoms with Gasteiger partial charge in [-0.1, -0.05) is 18.2 Å². The van der Waals surface area contributed by atoms with Crippen LogP contribution in [0.1, 0.15) is 17.0 Å². The maximum atomic E-state index is 5.45. The summed E-state index contributed by atoms with van der Waals surface area (Å²) in [6.45, 7) is 9.30. The van der Waals surface area contributed by atoms with Crippen LogP contribution in [0.2, 0.25) is 0 Å². The smallest absolute Gasteiger partial charge is 0.123 e. The fraction of sp³-hybridized carbons (Fsp3) is 0.471. The maximum Gasteiger partial charge on any atom is 0.123 e. The first-order chi connectivity index (χ1) is 10.7. The van der Waals surface area contributed by atoms with Crippen molar-refractivity contribution in [2.75, 3.05) is 38.2 Å². The molecule has 0 bridgehead atoms. The van der Waals surface area contributed by atoms with Crippen molar-refractivity contribution < 1.29 is 4.74 Å². The van der Waals surface area contributed by atoms with Gasteiger partial charge in [-0.2, -0.15) is 5.10 Å². The number of methoxy groups -OCH3 is 1. The van der Waals surface area contributed by atoms with Gasteiger partial charge < -0.3 is 9.64 Å². The summed E-state index contributed by atoms with van der Waals surface area (Å²) in [5, 5.41) is 7.38. The van der Waals surface area contributed by atoms with Crippen LogP contribution in [0, 0.1) is 13.8 Å². The Morgan fingerprint density at radius 1 is 1.14 bits per heavy atom. The fourth-order valence-electron chi connectivity index (χ4n) is 3.22. The number of benzene rings is 1. The van der Waals surface area contributed by atoms with E-state index >= 15 is 0 Å². The van der Waals surface area contributed by atoms with Crippen LogP contribution in [0.25, 0.3) is 0 Å². The van der Waals surface area contributed by atoms with Crippen molar-refractivity contribution >= 4 is 5.69 Å². The van der Waals surface area contributed by atoms with Crippen molar-refractivity contribution in [2.24, 2.45) is 0 Å². The van der Waals surface area contributed by atoms with E-state index in [2.05, 4.69) is 46.0 Å². The number of aryl methyl sites for hydroxylation is 2. The van der Waals surface area contributed by atoms with Crippen molar-refractivity contribution in [2.45, 2.75) is 20.4 Å². The molecule has 0 amide bonds. The van der Waals surface area contributed by atoms with Crippen molar-refractivity contribution in [1.82, 2.24) is 15.1 Å². The van der Waals surface area contributed by atoms with E-state index in [1.807, 2.05) is 12.1 Å². The Morgan fingerprint density at radius 3 is 2.50 bits per heavy atom. The van der Waals surface area contributed by atoms with Crippen molar-refractivity contribution in [3.05, 3.63) is 41.2 Å². The number of aromatic amines is 1. The lowest BCUT2D eigenvalue weighted by atomic mass is 10.1. The van der Waals surface area contributed by atoms with Crippen LogP contribution >= 0.6 is 0 Å². The Labute approximate surface area is 131 Å². The summed E-state index contributed by atoms with van der Waals surface area (Å²) >= 11 is 0. The third-order valence-electron chi connectivity index (χ3n) is 4.36. The standard InChI is InChI=1S/C17H24N4O/c1-13-17(14(2)19-18-13)21-10-8-20(9-11-21)12-15-6-4-5-7-16(15)22-3/h4-7H,8-12H2,1-3H3,(H,18,19). The van der Waals surface area contributed by atoms with E-state index in [9.17, 15) is 0 Å². The third-order valence-corrected chi connectivity index (χ3v) is 4.36. The number of hydrogen-bond acceptors (Lipinski definition) is 4. The number of nitrogens with zero attached hydrogens (tertiary/aromatic N) is 3. The normalized spacial score (nSPS) is 16.0. The van der Waals surface area contributed by atoms with Gasteiger partial charge in [0.2, 0.25) is 0 Å². The van der Waals surface area contributed by atoms with E-state index in [-0.39, 0.29) is 0 Å². The first-order valence-corrected chi connectivity index (χ1v) is 7.80. The molecule has 0 radical (unpaired) electrons. The second kappa shape index (κ2) is 6.40. The van der Waals surface area contributed by atoms with Crippen LogP contribution in [0.15, 0.2) is 24.3 Å². The molecule has 5 heteroatoms. The Hall–Kier alpha value is -2.01. The summed E-state index contributed by atoms with van der Waals surface area (Å²) in [5.74, 6) is 0.978. The number of hydrogen-bond donors (Lipinski definition) is 1. The first-order valence-electron chi connectivity index (χ1n) is 7.80. The van der Waals surface area contributed by atoms with Crippen LogP contribution < -0.4 is 9.64 Å². The third kappa shape index (κ3) is 2.95. The molecule has 0 aliphatic carbocycles. The first kappa shape index (κ1) is 14.9. The summed E-state index contributed by atoms with van der Waals surface area (Å²) in [6, 6.07) is 8.27. The molecule has 22 heavy (non-hydrogen) atoms. The molecule has 2 heterocycles. The van der Waals surface area contributed by atoms with Crippen molar-refractivity contribution in [3.8, 4) is 5.75 Å². The van der Waals surface area contributed by atoms with Crippen LogP contribution in [0.4, 0.5) is 5.69 Å².